The average Bonchev–Trinajstić information content (AvgIpc) is 3.12. The van der Waals surface area contributed by atoms with Crippen LogP contribution in [0.5, 0.6) is 0 Å². The van der Waals surface area contributed by atoms with Crippen molar-refractivity contribution in [3.05, 3.63) is 120 Å². The molecule has 0 heterocycles. The van der Waals surface area contributed by atoms with E-state index >= 15 is 0 Å². The lowest BCUT2D eigenvalue weighted by Gasteiger charge is -2.37. The molecule has 0 bridgehead atoms. The zero-order valence-corrected chi connectivity index (χ0v) is 29.6. The molecule has 0 aliphatic carbocycles. The van der Waals surface area contributed by atoms with Crippen LogP contribution in [0.15, 0.2) is 104 Å². The van der Waals surface area contributed by atoms with E-state index in [4.69, 9.17) is 14.2 Å². The third-order valence-electron chi connectivity index (χ3n) is 9.13. The normalized spacial score (nSPS) is 12.3. The van der Waals surface area contributed by atoms with E-state index in [1.165, 1.54) is 83.5 Å². The van der Waals surface area contributed by atoms with Crippen LogP contribution in [0.1, 0.15) is 133 Å². The van der Waals surface area contributed by atoms with Crippen molar-refractivity contribution in [2.24, 2.45) is 0 Å². The highest BCUT2D eigenvalue weighted by Crippen LogP contribution is 2.40. The Balaban J connectivity index is 1.50. The first-order chi connectivity index (χ1) is 23.3. The largest absolute Gasteiger partial charge is 0.379 e. The van der Waals surface area contributed by atoms with Gasteiger partial charge in [-0.15, -0.1) is 6.58 Å². The molecule has 0 saturated carbocycles. The van der Waals surface area contributed by atoms with Crippen molar-refractivity contribution < 1.29 is 14.2 Å². The van der Waals surface area contributed by atoms with Gasteiger partial charge in [0.05, 0.1) is 13.2 Å². The van der Waals surface area contributed by atoms with Crippen LogP contribution in [0.2, 0.25) is 0 Å². The van der Waals surface area contributed by atoms with Gasteiger partial charge in [0.15, 0.2) is 0 Å². The molecule has 0 aliphatic heterocycles. The maximum atomic E-state index is 7.09. The molecule has 0 spiro atoms. The monoisotopic (exact) mass is 640 g/mol. The van der Waals surface area contributed by atoms with E-state index in [2.05, 4.69) is 104 Å². The molecule has 0 saturated heterocycles. The van der Waals surface area contributed by atoms with Gasteiger partial charge in [-0.1, -0.05) is 187 Å². The maximum Gasteiger partial charge on any atom is 0.143 e. The number of hydrogen-bond acceptors (Lipinski definition) is 3. The summed E-state index contributed by atoms with van der Waals surface area (Å²) in [5, 5.41) is 0. The van der Waals surface area contributed by atoms with E-state index < -0.39 is 5.60 Å². The van der Waals surface area contributed by atoms with E-state index in [-0.39, 0.29) is 6.10 Å². The third kappa shape index (κ3) is 14.9. The summed E-state index contributed by atoms with van der Waals surface area (Å²) < 4.78 is 19.8. The maximum absolute atomic E-state index is 7.09. The van der Waals surface area contributed by atoms with Gasteiger partial charge in [-0.3, -0.25) is 0 Å². The molecule has 258 valence electrons. The molecule has 0 fully saturated rings. The van der Waals surface area contributed by atoms with Gasteiger partial charge < -0.3 is 14.2 Å². The number of allylic oxidation sites excluding steroid dienone is 1. The van der Waals surface area contributed by atoms with Gasteiger partial charge in [0, 0.05) is 13.2 Å². The van der Waals surface area contributed by atoms with Gasteiger partial charge in [-0.25, -0.2) is 0 Å². The Morgan fingerprint density at radius 3 is 1.40 bits per heavy atom. The highest BCUT2D eigenvalue weighted by molar-refractivity contribution is 5.47. The summed E-state index contributed by atoms with van der Waals surface area (Å²) in [4.78, 5) is 0. The summed E-state index contributed by atoms with van der Waals surface area (Å²) in [7, 11) is 0. The summed E-state index contributed by atoms with van der Waals surface area (Å²) in [6, 6.07) is 31.7. The molecule has 0 radical (unpaired) electrons. The van der Waals surface area contributed by atoms with Crippen LogP contribution in [0.3, 0.4) is 0 Å². The highest BCUT2D eigenvalue weighted by atomic mass is 16.6. The molecule has 1 atom stereocenters. The fourth-order valence-corrected chi connectivity index (χ4v) is 6.39. The van der Waals surface area contributed by atoms with E-state index in [0.29, 0.717) is 19.8 Å². The molecule has 0 unspecified atom stereocenters. The molecule has 47 heavy (non-hydrogen) atoms. The zero-order valence-electron chi connectivity index (χ0n) is 29.6. The Bertz CT molecular complexity index is 1030. The minimum absolute atomic E-state index is 0.152. The predicted octanol–water partition coefficient (Wildman–Crippen LogP) is 12.2. The van der Waals surface area contributed by atoms with Crippen LogP contribution < -0.4 is 0 Å². The smallest absolute Gasteiger partial charge is 0.143 e. The standard InChI is InChI=1S/C44H64O3/c1-3-5-7-9-10-11-12-13-14-15-16-17-18-28-36-45-38-43(46-37-29-8-6-4-2)39-47-44(40-30-22-19-23-31-40,41-32-24-20-25-33-41)42-34-26-21-27-35-42/h4,19-27,30-35,43H,2-3,5-18,28-29,36-39H2,1H3/t43-/m1/s1. The van der Waals surface area contributed by atoms with Crippen molar-refractivity contribution in [1.82, 2.24) is 0 Å². The molecule has 0 aliphatic rings. The Hall–Kier alpha value is -2.72. The molecule has 0 aromatic heterocycles. The number of unbranched alkanes of at least 4 members (excludes halogenated alkanes) is 15. The minimum Gasteiger partial charge on any atom is -0.379 e. The quantitative estimate of drug-likeness (QED) is 0.0429. The average molecular weight is 641 g/mol. The molecule has 3 aromatic carbocycles. The molecule has 3 heteroatoms. The minimum atomic E-state index is -0.761. The second kappa shape index (κ2) is 25.3. The van der Waals surface area contributed by atoms with Crippen molar-refractivity contribution in [2.75, 3.05) is 26.4 Å². The molecular formula is C44H64O3. The second-order valence-corrected chi connectivity index (χ2v) is 13.0. The summed E-state index contributed by atoms with van der Waals surface area (Å²) in [5.41, 5.74) is 2.55. The summed E-state index contributed by atoms with van der Waals surface area (Å²) in [5.74, 6) is 0. The lowest BCUT2D eigenvalue weighted by atomic mass is 9.80. The van der Waals surface area contributed by atoms with Gasteiger partial charge in [0.25, 0.3) is 0 Å². The number of ether oxygens (including phenoxy) is 3. The fraction of sp³-hybridized carbons (Fsp3) is 0.545. The number of rotatable bonds is 29. The second-order valence-electron chi connectivity index (χ2n) is 13.0. The van der Waals surface area contributed by atoms with Crippen LogP contribution in [0, 0.1) is 0 Å². The molecule has 3 nitrogen and oxygen atoms in total. The molecule has 0 N–H and O–H groups in total. The summed E-state index contributed by atoms with van der Waals surface area (Å²) in [6.07, 6.45) is 24.0. The Labute approximate surface area is 288 Å². The van der Waals surface area contributed by atoms with Crippen LogP contribution in [0.4, 0.5) is 0 Å². The van der Waals surface area contributed by atoms with Gasteiger partial charge in [-0.05, 0) is 42.4 Å². The first-order valence-electron chi connectivity index (χ1n) is 18.9. The van der Waals surface area contributed by atoms with Gasteiger partial charge >= 0.3 is 0 Å². The van der Waals surface area contributed by atoms with Gasteiger partial charge in [-0.2, -0.15) is 0 Å². The lowest BCUT2D eigenvalue weighted by molar-refractivity contribution is -0.0922. The SMILES string of the molecule is C=CCCCCO[C@H](COCCCCCCCCCCCCCCCC)COC(c1ccccc1)(c1ccccc1)c1ccccc1. The van der Waals surface area contributed by atoms with Crippen LogP contribution in [-0.2, 0) is 19.8 Å². The fourth-order valence-electron chi connectivity index (χ4n) is 6.39. The van der Waals surface area contributed by atoms with E-state index in [1.54, 1.807) is 0 Å². The van der Waals surface area contributed by atoms with Crippen molar-refractivity contribution >= 4 is 0 Å². The Kier molecular flexibility index (Phi) is 20.9. The zero-order chi connectivity index (χ0) is 33.1. The summed E-state index contributed by atoms with van der Waals surface area (Å²) in [6.45, 7) is 8.58. The van der Waals surface area contributed by atoms with E-state index in [0.717, 1.165) is 49.0 Å². The number of hydrogen-bond donors (Lipinski definition) is 0. The first kappa shape index (κ1) is 38.7. The van der Waals surface area contributed by atoms with E-state index in [9.17, 15) is 0 Å². The van der Waals surface area contributed by atoms with Crippen molar-refractivity contribution in [3.63, 3.8) is 0 Å². The molecule has 0 amide bonds. The highest BCUT2D eigenvalue weighted by Gasteiger charge is 2.38. The third-order valence-corrected chi connectivity index (χ3v) is 9.13. The van der Waals surface area contributed by atoms with E-state index in [1.807, 2.05) is 6.08 Å². The van der Waals surface area contributed by atoms with Crippen LogP contribution in [0.25, 0.3) is 0 Å². The molecule has 3 rings (SSSR count). The van der Waals surface area contributed by atoms with Gasteiger partial charge in [0.2, 0.25) is 0 Å². The van der Waals surface area contributed by atoms with Crippen LogP contribution in [-0.4, -0.2) is 32.5 Å². The topological polar surface area (TPSA) is 27.7 Å². The van der Waals surface area contributed by atoms with Gasteiger partial charge in [0.1, 0.15) is 11.7 Å². The first-order valence-corrected chi connectivity index (χ1v) is 18.9. The van der Waals surface area contributed by atoms with Crippen molar-refractivity contribution in [2.45, 2.75) is 128 Å². The molecular weight excluding hydrogens is 576 g/mol. The van der Waals surface area contributed by atoms with Crippen molar-refractivity contribution in [3.8, 4) is 0 Å². The predicted molar refractivity (Wildman–Crippen MR) is 200 cm³/mol. The van der Waals surface area contributed by atoms with Crippen LogP contribution >= 0.6 is 0 Å². The van der Waals surface area contributed by atoms with Crippen molar-refractivity contribution in [1.29, 1.82) is 0 Å². The molecule has 3 aromatic rings. The Morgan fingerprint density at radius 1 is 0.532 bits per heavy atom. The lowest BCUT2D eigenvalue weighted by Crippen LogP contribution is -2.37. The summed E-state index contributed by atoms with van der Waals surface area (Å²) >= 11 is 0. The number of benzene rings is 3. The Morgan fingerprint density at radius 2 is 0.957 bits per heavy atom.